The van der Waals surface area contributed by atoms with Crippen molar-refractivity contribution in [2.75, 3.05) is 16.9 Å². The molecule has 0 aliphatic heterocycles. The zero-order valence-electron chi connectivity index (χ0n) is 16.2. The number of rotatable bonds is 7. The molecule has 3 aromatic rings. The molecule has 0 radical (unpaired) electrons. The minimum atomic E-state index is -0.353. The largest absolute Gasteiger partial charge is 0.354 e. The zero-order valence-corrected chi connectivity index (χ0v) is 17.0. The topological polar surface area (TPSA) is 103 Å². The number of hydrogen-bond acceptors (Lipinski definition) is 6. The van der Waals surface area contributed by atoms with Crippen LogP contribution < -0.4 is 16.0 Å². The molecule has 2 heterocycles. The summed E-state index contributed by atoms with van der Waals surface area (Å²) < 4.78 is 0. The number of aromatic nitrogens is 2. The summed E-state index contributed by atoms with van der Waals surface area (Å²) in [6.45, 7) is 2.32. The molecule has 0 fully saturated rings. The summed E-state index contributed by atoms with van der Waals surface area (Å²) in [6, 6.07) is 13.0. The highest BCUT2D eigenvalue weighted by Crippen LogP contribution is 2.21. The molecule has 0 saturated carbocycles. The van der Waals surface area contributed by atoms with Gasteiger partial charge in [0.2, 0.25) is 0 Å². The molecule has 1 aromatic carbocycles. The van der Waals surface area contributed by atoms with Crippen molar-refractivity contribution < 1.29 is 4.79 Å². The fourth-order valence-corrected chi connectivity index (χ4v) is 3.15. The normalized spacial score (nSPS) is 10.3. The predicted molar refractivity (Wildman–Crippen MR) is 118 cm³/mol. The van der Waals surface area contributed by atoms with Crippen LogP contribution >= 0.6 is 11.8 Å². The number of pyridine rings is 2. The van der Waals surface area contributed by atoms with Gasteiger partial charge >= 0.3 is 6.03 Å². The number of carbonyl (C=O) groups is 1. The summed E-state index contributed by atoms with van der Waals surface area (Å²) in [5.74, 6) is 0.371. The maximum Gasteiger partial charge on any atom is 0.320 e. The van der Waals surface area contributed by atoms with E-state index in [1.165, 1.54) is 6.21 Å². The van der Waals surface area contributed by atoms with E-state index in [0.29, 0.717) is 23.6 Å². The van der Waals surface area contributed by atoms with Gasteiger partial charge < -0.3 is 16.0 Å². The van der Waals surface area contributed by atoms with E-state index in [-0.39, 0.29) is 6.03 Å². The number of amides is 2. The highest BCUT2D eigenvalue weighted by Gasteiger charge is 2.08. The first kappa shape index (κ1) is 20.3. The molecule has 0 spiro atoms. The maximum atomic E-state index is 12.2. The second-order valence-corrected chi connectivity index (χ2v) is 7.15. The van der Waals surface area contributed by atoms with E-state index in [2.05, 4.69) is 25.9 Å². The van der Waals surface area contributed by atoms with Crippen LogP contribution in [0.15, 0.2) is 59.8 Å². The lowest BCUT2D eigenvalue weighted by atomic mass is 10.2. The van der Waals surface area contributed by atoms with Gasteiger partial charge in [0.25, 0.3) is 0 Å². The molecule has 29 heavy (non-hydrogen) atoms. The first-order valence-electron chi connectivity index (χ1n) is 8.95. The van der Waals surface area contributed by atoms with E-state index in [1.807, 2.05) is 49.6 Å². The van der Waals surface area contributed by atoms with Crippen molar-refractivity contribution in [1.82, 2.24) is 15.3 Å². The van der Waals surface area contributed by atoms with Crippen LogP contribution in [0.5, 0.6) is 0 Å². The van der Waals surface area contributed by atoms with Crippen molar-refractivity contribution in [3.05, 3.63) is 71.7 Å². The van der Waals surface area contributed by atoms with Gasteiger partial charge in [-0.15, -0.1) is 11.8 Å². The Bertz CT molecular complexity index is 1020. The molecule has 0 saturated heterocycles. The summed E-state index contributed by atoms with van der Waals surface area (Å²) in [7, 11) is 0. The molecule has 0 aliphatic rings. The third-order valence-corrected chi connectivity index (χ3v) is 4.82. The number of benzene rings is 1. The third kappa shape index (κ3) is 5.79. The second-order valence-electron chi connectivity index (χ2n) is 6.27. The van der Waals surface area contributed by atoms with Crippen molar-refractivity contribution in [3.8, 4) is 0 Å². The lowest BCUT2D eigenvalue weighted by Gasteiger charge is -2.12. The Morgan fingerprint density at radius 3 is 2.83 bits per heavy atom. The number of carbonyl (C=O) groups excluding carboxylic acids is 1. The van der Waals surface area contributed by atoms with E-state index >= 15 is 0 Å². The van der Waals surface area contributed by atoms with Crippen LogP contribution in [-0.2, 0) is 6.54 Å². The minimum absolute atomic E-state index is 0.353. The highest BCUT2D eigenvalue weighted by atomic mass is 32.2. The summed E-state index contributed by atoms with van der Waals surface area (Å²) in [4.78, 5) is 21.8. The zero-order chi connectivity index (χ0) is 20.6. The SMILES string of the molecule is CSc1cccc(CNC(=O)Nc2cc(C=N)c(Nc3ccnc(C)c3)cn2)c1. The van der Waals surface area contributed by atoms with Crippen LogP contribution in [0.3, 0.4) is 0 Å². The molecule has 3 rings (SSSR count). The first-order chi connectivity index (χ1) is 14.1. The summed E-state index contributed by atoms with van der Waals surface area (Å²) in [5.41, 5.74) is 4.04. The number of nitrogens with zero attached hydrogens (tertiary/aromatic N) is 2. The van der Waals surface area contributed by atoms with Crippen LogP contribution in [0.1, 0.15) is 16.8 Å². The van der Waals surface area contributed by atoms with Gasteiger partial charge in [-0.05, 0) is 49.1 Å². The Balaban J connectivity index is 1.63. The lowest BCUT2D eigenvalue weighted by Crippen LogP contribution is -2.28. The molecule has 0 aliphatic carbocycles. The van der Waals surface area contributed by atoms with Crippen LogP contribution in [0.2, 0.25) is 0 Å². The predicted octanol–water partition coefficient (Wildman–Crippen LogP) is 4.57. The molecule has 2 aromatic heterocycles. The molecular weight excluding hydrogens is 384 g/mol. The van der Waals surface area contributed by atoms with Crippen molar-refractivity contribution >= 4 is 41.2 Å². The van der Waals surface area contributed by atoms with Gasteiger partial charge in [-0.2, -0.15) is 0 Å². The number of nitrogens with one attached hydrogen (secondary N) is 4. The molecule has 0 atom stereocenters. The van der Waals surface area contributed by atoms with Crippen LogP contribution in [-0.4, -0.2) is 28.5 Å². The maximum absolute atomic E-state index is 12.2. The van der Waals surface area contributed by atoms with Crippen LogP contribution in [0, 0.1) is 12.3 Å². The molecule has 0 unspecified atom stereocenters. The standard InChI is InChI=1S/C21H22N6OS/c1-14-8-17(6-7-23-14)26-19-13-24-20(10-16(19)11-22)27-21(28)25-12-15-4-3-5-18(9-15)29-2/h3-11,13,22H,12H2,1-2H3,(H,23,26)(H2,24,25,27,28). The Labute approximate surface area is 173 Å². The van der Waals surface area contributed by atoms with E-state index in [1.54, 1.807) is 30.2 Å². The van der Waals surface area contributed by atoms with Crippen LogP contribution in [0.25, 0.3) is 0 Å². The minimum Gasteiger partial charge on any atom is -0.354 e. The van der Waals surface area contributed by atoms with Crippen LogP contribution in [0.4, 0.5) is 22.0 Å². The number of hydrogen-bond donors (Lipinski definition) is 4. The second kappa shape index (κ2) is 9.70. The Morgan fingerprint density at radius 1 is 1.21 bits per heavy atom. The average molecular weight is 407 g/mol. The Morgan fingerprint density at radius 2 is 2.07 bits per heavy atom. The number of anilines is 3. The lowest BCUT2D eigenvalue weighted by molar-refractivity contribution is 0.251. The molecule has 148 valence electrons. The molecule has 7 nitrogen and oxygen atoms in total. The number of aryl methyl sites for hydroxylation is 1. The summed E-state index contributed by atoms with van der Waals surface area (Å²) >= 11 is 1.66. The summed E-state index contributed by atoms with van der Waals surface area (Å²) in [5, 5.41) is 16.4. The van der Waals surface area contributed by atoms with Crippen molar-refractivity contribution in [2.45, 2.75) is 18.4 Å². The smallest absolute Gasteiger partial charge is 0.320 e. The molecule has 4 N–H and O–H groups in total. The van der Waals surface area contributed by atoms with Crippen molar-refractivity contribution in [1.29, 1.82) is 5.41 Å². The van der Waals surface area contributed by atoms with Gasteiger partial charge in [0.1, 0.15) is 5.82 Å². The summed E-state index contributed by atoms with van der Waals surface area (Å²) in [6.07, 6.45) is 6.53. The molecule has 0 bridgehead atoms. The van der Waals surface area contributed by atoms with Crippen molar-refractivity contribution in [2.24, 2.45) is 0 Å². The highest BCUT2D eigenvalue weighted by molar-refractivity contribution is 7.98. The molecular formula is C21H22N6OS. The van der Waals surface area contributed by atoms with Gasteiger partial charge in [-0.25, -0.2) is 9.78 Å². The first-order valence-corrected chi connectivity index (χ1v) is 10.2. The van der Waals surface area contributed by atoms with E-state index in [4.69, 9.17) is 5.41 Å². The van der Waals surface area contributed by atoms with Gasteiger partial charge in [0.05, 0.1) is 11.9 Å². The number of urea groups is 1. The molecule has 2 amide bonds. The Hall–Kier alpha value is -3.39. The quantitative estimate of drug-likeness (QED) is 0.340. The Kier molecular flexibility index (Phi) is 6.80. The monoisotopic (exact) mass is 406 g/mol. The van der Waals surface area contributed by atoms with Gasteiger partial charge in [-0.1, -0.05) is 12.1 Å². The fraction of sp³-hybridized carbons (Fsp3) is 0.143. The average Bonchev–Trinajstić information content (AvgIpc) is 2.73. The van der Waals surface area contributed by atoms with E-state index in [9.17, 15) is 4.79 Å². The number of thioether (sulfide) groups is 1. The van der Waals surface area contributed by atoms with Gasteiger partial charge in [-0.3, -0.25) is 10.3 Å². The fourth-order valence-electron chi connectivity index (χ4n) is 2.67. The van der Waals surface area contributed by atoms with E-state index in [0.717, 1.165) is 21.8 Å². The van der Waals surface area contributed by atoms with E-state index < -0.39 is 0 Å². The van der Waals surface area contributed by atoms with Gasteiger partial charge in [0, 0.05) is 40.8 Å². The molecule has 8 heteroatoms. The van der Waals surface area contributed by atoms with Crippen molar-refractivity contribution in [3.63, 3.8) is 0 Å². The van der Waals surface area contributed by atoms with Gasteiger partial charge in [0.15, 0.2) is 0 Å². The third-order valence-electron chi connectivity index (χ3n) is 4.10.